The Bertz CT molecular complexity index is 511. The van der Waals surface area contributed by atoms with E-state index in [1.54, 1.807) is 13.4 Å². The van der Waals surface area contributed by atoms with Crippen LogP contribution in [0.1, 0.15) is 31.4 Å². The third kappa shape index (κ3) is 6.22. The summed E-state index contributed by atoms with van der Waals surface area (Å²) in [6.45, 7) is 2.59. The highest BCUT2D eigenvalue weighted by atomic mass is 16.5. The molecule has 4 nitrogen and oxygen atoms in total. The SMILES string of the molecule is COc1cccc(OCCCCCCNCc2ccco2)c1. The summed E-state index contributed by atoms with van der Waals surface area (Å²) in [6.07, 6.45) is 6.37. The summed E-state index contributed by atoms with van der Waals surface area (Å²) in [5.41, 5.74) is 0. The first kappa shape index (κ1) is 16.4. The standard InChI is InChI=1S/C18H25NO3/c1-20-16-8-6-9-17(14-16)21-12-5-3-2-4-11-19-15-18-10-7-13-22-18/h6-10,13-14,19H,2-5,11-12,15H2,1H3. The molecule has 0 atom stereocenters. The molecule has 0 fully saturated rings. The predicted molar refractivity (Wildman–Crippen MR) is 87.4 cm³/mol. The van der Waals surface area contributed by atoms with Gasteiger partial charge in [0.2, 0.25) is 0 Å². The minimum absolute atomic E-state index is 0.757. The average molecular weight is 303 g/mol. The van der Waals surface area contributed by atoms with Crippen LogP contribution in [0.15, 0.2) is 47.1 Å². The molecule has 0 spiro atoms. The van der Waals surface area contributed by atoms with Crippen LogP contribution >= 0.6 is 0 Å². The van der Waals surface area contributed by atoms with Crippen molar-refractivity contribution in [1.29, 1.82) is 0 Å². The molecule has 22 heavy (non-hydrogen) atoms. The van der Waals surface area contributed by atoms with Crippen LogP contribution in [0, 0.1) is 0 Å². The molecule has 1 heterocycles. The largest absolute Gasteiger partial charge is 0.497 e. The summed E-state index contributed by atoms with van der Waals surface area (Å²) >= 11 is 0. The van der Waals surface area contributed by atoms with Gasteiger partial charge in [0.1, 0.15) is 17.3 Å². The van der Waals surface area contributed by atoms with Crippen LogP contribution in [0.25, 0.3) is 0 Å². The lowest BCUT2D eigenvalue weighted by Crippen LogP contribution is -2.14. The first-order valence-corrected chi connectivity index (χ1v) is 7.88. The third-order valence-electron chi connectivity index (χ3n) is 3.44. The fourth-order valence-corrected chi connectivity index (χ4v) is 2.21. The van der Waals surface area contributed by atoms with Crippen LogP contribution in [-0.2, 0) is 6.54 Å². The molecule has 1 aromatic carbocycles. The van der Waals surface area contributed by atoms with E-state index in [0.29, 0.717) is 0 Å². The van der Waals surface area contributed by atoms with Gasteiger partial charge in [0.15, 0.2) is 0 Å². The molecule has 0 bridgehead atoms. The third-order valence-corrected chi connectivity index (χ3v) is 3.44. The molecule has 0 unspecified atom stereocenters. The number of ether oxygens (including phenoxy) is 2. The molecule has 2 aromatic rings. The molecule has 0 radical (unpaired) electrons. The lowest BCUT2D eigenvalue weighted by molar-refractivity contribution is 0.302. The molecule has 2 rings (SSSR count). The molecule has 1 N–H and O–H groups in total. The summed E-state index contributed by atoms with van der Waals surface area (Å²) in [5.74, 6) is 2.70. The van der Waals surface area contributed by atoms with Gasteiger partial charge < -0.3 is 19.2 Å². The van der Waals surface area contributed by atoms with Gasteiger partial charge in [0.25, 0.3) is 0 Å². The zero-order valence-corrected chi connectivity index (χ0v) is 13.2. The summed E-state index contributed by atoms with van der Waals surface area (Å²) in [6, 6.07) is 11.6. The van der Waals surface area contributed by atoms with Gasteiger partial charge in [-0.25, -0.2) is 0 Å². The molecule has 0 saturated carbocycles. The van der Waals surface area contributed by atoms with Crippen molar-refractivity contribution in [2.45, 2.75) is 32.2 Å². The van der Waals surface area contributed by atoms with E-state index in [9.17, 15) is 0 Å². The van der Waals surface area contributed by atoms with Crippen molar-refractivity contribution in [2.24, 2.45) is 0 Å². The van der Waals surface area contributed by atoms with Crippen molar-refractivity contribution in [3.8, 4) is 11.5 Å². The van der Waals surface area contributed by atoms with Crippen molar-refractivity contribution in [2.75, 3.05) is 20.3 Å². The summed E-state index contributed by atoms with van der Waals surface area (Å²) in [4.78, 5) is 0. The summed E-state index contributed by atoms with van der Waals surface area (Å²) < 4.78 is 16.2. The zero-order chi connectivity index (χ0) is 15.5. The Morgan fingerprint density at radius 1 is 1.00 bits per heavy atom. The summed E-state index contributed by atoms with van der Waals surface area (Å²) in [7, 11) is 1.67. The van der Waals surface area contributed by atoms with Crippen molar-refractivity contribution >= 4 is 0 Å². The van der Waals surface area contributed by atoms with Crippen molar-refractivity contribution < 1.29 is 13.9 Å². The van der Waals surface area contributed by atoms with Crippen molar-refractivity contribution in [1.82, 2.24) is 5.32 Å². The first-order valence-electron chi connectivity index (χ1n) is 7.88. The second-order valence-electron chi connectivity index (χ2n) is 5.20. The van der Waals surface area contributed by atoms with E-state index in [1.807, 2.05) is 36.4 Å². The maximum Gasteiger partial charge on any atom is 0.122 e. The van der Waals surface area contributed by atoms with Crippen molar-refractivity contribution in [3.05, 3.63) is 48.4 Å². The Morgan fingerprint density at radius 2 is 1.86 bits per heavy atom. The molecule has 0 saturated heterocycles. The number of hydrogen-bond donors (Lipinski definition) is 1. The Morgan fingerprint density at radius 3 is 2.68 bits per heavy atom. The van der Waals surface area contributed by atoms with E-state index >= 15 is 0 Å². The van der Waals surface area contributed by atoms with E-state index in [0.717, 1.165) is 43.4 Å². The number of nitrogens with one attached hydrogen (secondary N) is 1. The second-order valence-corrected chi connectivity index (χ2v) is 5.20. The van der Waals surface area contributed by atoms with Crippen LogP contribution in [0.4, 0.5) is 0 Å². The lowest BCUT2D eigenvalue weighted by atomic mass is 10.2. The predicted octanol–water partition coefficient (Wildman–Crippen LogP) is 4.02. The van der Waals surface area contributed by atoms with Crippen LogP contribution in [0.5, 0.6) is 11.5 Å². The van der Waals surface area contributed by atoms with Crippen LogP contribution in [0.2, 0.25) is 0 Å². The Balaban J connectivity index is 1.44. The molecular weight excluding hydrogens is 278 g/mol. The minimum atomic E-state index is 0.757. The molecular formula is C18H25NO3. The smallest absolute Gasteiger partial charge is 0.122 e. The Labute approximate surface area is 132 Å². The number of furan rings is 1. The molecule has 1 aromatic heterocycles. The number of hydrogen-bond acceptors (Lipinski definition) is 4. The lowest BCUT2D eigenvalue weighted by Gasteiger charge is -2.07. The fraction of sp³-hybridized carbons (Fsp3) is 0.444. The normalized spacial score (nSPS) is 10.6. The molecule has 0 aliphatic heterocycles. The average Bonchev–Trinajstić information content (AvgIpc) is 3.07. The molecule has 0 aliphatic carbocycles. The highest BCUT2D eigenvalue weighted by Crippen LogP contribution is 2.19. The number of methoxy groups -OCH3 is 1. The maximum atomic E-state index is 5.72. The van der Waals surface area contributed by atoms with Crippen molar-refractivity contribution in [3.63, 3.8) is 0 Å². The number of unbranched alkanes of at least 4 members (excludes halogenated alkanes) is 3. The molecule has 0 aliphatic rings. The highest BCUT2D eigenvalue weighted by Gasteiger charge is 1.97. The Hall–Kier alpha value is -1.94. The first-order chi connectivity index (χ1) is 10.9. The maximum absolute atomic E-state index is 5.72. The van der Waals surface area contributed by atoms with E-state index in [-0.39, 0.29) is 0 Å². The topological polar surface area (TPSA) is 43.6 Å². The monoisotopic (exact) mass is 303 g/mol. The Kier molecular flexibility index (Phi) is 7.39. The van der Waals surface area contributed by atoms with Gasteiger partial charge >= 0.3 is 0 Å². The van der Waals surface area contributed by atoms with Gasteiger partial charge in [-0.15, -0.1) is 0 Å². The second kappa shape index (κ2) is 9.90. The highest BCUT2D eigenvalue weighted by molar-refractivity contribution is 5.32. The van der Waals surface area contributed by atoms with Crippen LogP contribution in [0.3, 0.4) is 0 Å². The van der Waals surface area contributed by atoms with Gasteiger partial charge in [-0.2, -0.15) is 0 Å². The van der Waals surface area contributed by atoms with E-state index in [2.05, 4.69) is 5.32 Å². The van der Waals surface area contributed by atoms with Gasteiger partial charge in [-0.3, -0.25) is 0 Å². The van der Waals surface area contributed by atoms with Gasteiger partial charge in [0, 0.05) is 6.07 Å². The van der Waals surface area contributed by atoms with Gasteiger partial charge in [-0.1, -0.05) is 18.9 Å². The number of benzene rings is 1. The van der Waals surface area contributed by atoms with Gasteiger partial charge in [0.05, 0.1) is 26.5 Å². The molecule has 0 amide bonds. The number of rotatable bonds is 11. The quantitative estimate of drug-likeness (QED) is 0.637. The van der Waals surface area contributed by atoms with E-state index in [1.165, 1.54) is 19.3 Å². The van der Waals surface area contributed by atoms with E-state index < -0.39 is 0 Å². The van der Waals surface area contributed by atoms with E-state index in [4.69, 9.17) is 13.9 Å². The fourth-order valence-electron chi connectivity index (χ4n) is 2.21. The van der Waals surface area contributed by atoms with Gasteiger partial charge in [-0.05, 0) is 43.7 Å². The zero-order valence-electron chi connectivity index (χ0n) is 13.2. The minimum Gasteiger partial charge on any atom is -0.497 e. The van der Waals surface area contributed by atoms with Crippen LogP contribution in [-0.4, -0.2) is 20.3 Å². The van der Waals surface area contributed by atoms with Crippen LogP contribution < -0.4 is 14.8 Å². The molecule has 4 heteroatoms. The summed E-state index contributed by atoms with van der Waals surface area (Å²) in [5, 5.41) is 3.38. The molecule has 120 valence electrons.